The van der Waals surface area contributed by atoms with E-state index in [1.165, 1.54) is 0 Å². The Labute approximate surface area is 175 Å². The van der Waals surface area contributed by atoms with E-state index in [1.54, 1.807) is 4.90 Å². The van der Waals surface area contributed by atoms with Gasteiger partial charge in [0.2, 0.25) is 0 Å². The van der Waals surface area contributed by atoms with Crippen LogP contribution in [0, 0.1) is 11.3 Å². The van der Waals surface area contributed by atoms with Crippen LogP contribution in [0.3, 0.4) is 0 Å². The number of likely N-dealkylation sites (tertiary alicyclic amines) is 1. The molecular formula is C22H34BNO5. The summed E-state index contributed by atoms with van der Waals surface area (Å²) < 4.78 is 23.5. The van der Waals surface area contributed by atoms with Crippen LogP contribution < -0.4 is 10.2 Å². The molecule has 2 aliphatic rings. The van der Waals surface area contributed by atoms with E-state index in [1.807, 2.05) is 45.0 Å². The number of rotatable bonds is 4. The fraction of sp³-hybridized carbons (Fsp3) is 0.682. The summed E-state index contributed by atoms with van der Waals surface area (Å²) >= 11 is 0. The van der Waals surface area contributed by atoms with E-state index in [9.17, 15) is 4.79 Å². The average molecular weight is 403 g/mol. The zero-order valence-corrected chi connectivity index (χ0v) is 18.4. The Morgan fingerprint density at radius 3 is 2.41 bits per heavy atom. The summed E-state index contributed by atoms with van der Waals surface area (Å²) in [5, 5.41) is 0. The van der Waals surface area contributed by atoms with Gasteiger partial charge >= 0.3 is 13.2 Å². The normalized spacial score (nSPS) is 20.4. The van der Waals surface area contributed by atoms with Crippen LogP contribution in [0.1, 0.15) is 47.5 Å². The number of amides is 1. The van der Waals surface area contributed by atoms with E-state index in [0.717, 1.165) is 24.1 Å². The predicted octanol–water partition coefficient (Wildman–Crippen LogP) is 3.48. The summed E-state index contributed by atoms with van der Waals surface area (Å²) in [5.41, 5.74) is 0.516. The molecule has 1 aromatic carbocycles. The van der Waals surface area contributed by atoms with Crippen LogP contribution in [0.25, 0.3) is 0 Å². The van der Waals surface area contributed by atoms with Gasteiger partial charge in [-0.1, -0.05) is 32.0 Å². The van der Waals surface area contributed by atoms with E-state index in [0.29, 0.717) is 38.8 Å². The fourth-order valence-corrected chi connectivity index (χ4v) is 3.49. The smallest absolute Gasteiger partial charge is 0.494 e. The Morgan fingerprint density at radius 1 is 1.17 bits per heavy atom. The highest BCUT2D eigenvalue weighted by Gasteiger charge is 2.35. The molecule has 0 spiro atoms. The van der Waals surface area contributed by atoms with E-state index < -0.39 is 5.60 Å². The van der Waals surface area contributed by atoms with Crippen molar-refractivity contribution in [3.05, 3.63) is 24.3 Å². The molecule has 0 atom stereocenters. The maximum absolute atomic E-state index is 12.2. The zero-order chi connectivity index (χ0) is 21.1. The standard InChI is InChI=1S/C22H34BNO5/c1-21(2,3)29-20(25)24-12-10-17(11-13-24)14-26-19-9-7-6-8-18(19)23-27-15-22(4,5)16-28-23/h6-9,17H,10-16H2,1-5H3. The van der Waals surface area contributed by atoms with Crippen molar-refractivity contribution in [2.45, 2.75) is 53.1 Å². The van der Waals surface area contributed by atoms with Crippen molar-refractivity contribution in [1.82, 2.24) is 4.90 Å². The van der Waals surface area contributed by atoms with E-state index in [2.05, 4.69) is 13.8 Å². The van der Waals surface area contributed by atoms with Gasteiger partial charge in [0.05, 0.1) is 6.61 Å². The van der Waals surface area contributed by atoms with Gasteiger partial charge in [-0.3, -0.25) is 0 Å². The summed E-state index contributed by atoms with van der Waals surface area (Å²) in [4.78, 5) is 14.0. The third-order valence-corrected chi connectivity index (χ3v) is 5.16. The molecule has 0 bridgehead atoms. The molecule has 2 saturated heterocycles. The molecule has 2 fully saturated rings. The third kappa shape index (κ3) is 6.38. The van der Waals surface area contributed by atoms with Crippen LogP contribution in [0.5, 0.6) is 5.75 Å². The predicted molar refractivity (Wildman–Crippen MR) is 114 cm³/mol. The van der Waals surface area contributed by atoms with Gasteiger partial charge in [0.1, 0.15) is 11.4 Å². The van der Waals surface area contributed by atoms with Crippen LogP contribution in [0.2, 0.25) is 0 Å². The molecule has 160 valence electrons. The molecule has 7 heteroatoms. The van der Waals surface area contributed by atoms with Crippen LogP contribution in [0.4, 0.5) is 4.79 Å². The number of nitrogens with zero attached hydrogens (tertiary/aromatic N) is 1. The lowest BCUT2D eigenvalue weighted by atomic mass is 9.75. The van der Waals surface area contributed by atoms with Crippen LogP contribution in [0.15, 0.2) is 24.3 Å². The Hall–Kier alpha value is -1.73. The van der Waals surface area contributed by atoms with Crippen molar-refractivity contribution in [2.75, 3.05) is 32.9 Å². The minimum Gasteiger partial charge on any atom is -0.494 e. The second kappa shape index (κ2) is 8.96. The molecule has 2 heterocycles. The minimum atomic E-state index is -0.459. The number of piperidine rings is 1. The largest absolute Gasteiger partial charge is 0.497 e. The Kier molecular flexibility index (Phi) is 6.79. The number of carbonyl (C=O) groups excluding carboxylic acids is 1. The fourth-order valence-electron chi connectivity index (χ4n) is 3.49. The SMILES string of the molecule is CC1(C)COB(c2ccccc2OCC2CCN(C(=O)OC(C)(C)C)CC2)OC1. The van der Waals surface area contributed by atoms with Crippen LogP contribution in [-0.2, 0) is 14.0 Å². The third-order valence-electron chi connectivity index (χ3n) is 5.16. The van der Waals surface area contributed by atoms with Crippen molar-refractivity contribution in [3.8, 4) is 5.75 Å². The molecular weight excluding hydrogens is 369 g/mol. The van der Waals surface area contributed by atoms with Crippen molar-refractivity contribution in [3.63, 3.8) is 0 Å². The maximum Gasteiger partial charge on any atom is 0.497 e. The summed E-state index contributed by atoms with van der Waals surface area (Å²) in [7, 11) is -0.381. The first-order valence-corrected chi connectivity index (χ1v) is 10.6. The van der Waals surface area contributed by atoms with Gasteiger partial charge in [-0.05, 0) is 45.6 Å². The number of carbonyl (C=O) groups is 1. The summed E-state index contributed by atoms with van der Waals surface area (Å²) in [5.74, 6) is 1.22. The molecule has 0 aliphatic carbocycles. The number of para-hydroxylation sites is 1. The second-order valence-corrected chi connectivity index (χ2v) is 9.88. The minimum absolute atomic E-state index is 0.0361. The average Bonchev–Trinajstić information content (AvgIpc) is 2.66. The molecule has 0 saturated carbocycles. The van der Waals surface area contributed by atoms with Crippen molar-refractivity contribution < 1.29 is 23.6 Å². The van der Waals surface area contributed by atoms with Crippen molar-refractivity contribution >= 4 is 18.7 Å². The second-order valence-electron chi connectivity index (χ2n) is 9.88. The first kappa shape index (κ1) is 22.0. The summed E-state index contributed by atoms with van der Waals surface area (Å²) in [6.07, 6.45) is 1.59. The quantitative estimate of drug-likeness (QED) is 0.721. The highest BCUT2D eigenvalue weighted by atomic mass is 16.6. The van der Waals surface area contributed by atoms with Gasteiger partial charge in [-0.2, -0.15) is 0 Å². The molecule has 29 heavy (non-hydrogen) atoms. The molecule has 0 N–H and O–H groups in total. The summed E-state index contributed by atoms with van der Waals surface area (Å²) in [6.45, 7) is 13.3. The van der Waals surface area contributed by atoms with Gasteiger partial charge in [-0.15, -0.1) is 0 Å². The lowest BCUT2D eigenvalue weighted by molar-refractivity contribution is 0.0164. The van der Waals surface area contributed by atoms with E-state index in [-0.39, 0.29) is 18.6 Å². The number of hydrogen-bond donors (Lipinski definition) is 0. The molecule has 2 aliphatic heterocycles. The monoisotopic (exact) mass is 403 g/mol. The number of hydrogen-bond acceptors (Lipinski definition) is 5. The first-order valence-electron chi connectivity index (χ1n) is 10.6. The lowest BCUT2D eigenvalue weighted by Gasteiger charge is -2.34. The van der Waals surface area contributed by atoms with Crippen LogP contribution in [-0.4, -0.2) is 56.6 Å². The Morgan fingerprint density at radius 2 is 1.79 bits per heavy atom. The molecule has 1 amide bonds. The van der Waals surface area contributed by atoms with Gasteiger partial charge in [0.25, 0.3) is 0 Å². The molecule has 0 unspecified atom stereocenters. The molecule has 1 aromatic rings. The maximum atomic E-state index is 12.2. The Bertz CT molecular complexity index is 685. The van der Waals surface area contributed by atoms with E-state index >= 15 is 0 Å². The topological polar surface area (TPSA) is 57.2 Å². The molecule has 6 nitrogen and oxygen atoms in total. The van der Waals surface area contributed by atoms with E-state index in [4.69, 9.17) is 18.8 Å². The highest BCUT2D eigenvalue weighted by molar-refractivity contribution is 6.62. The van der Waals surface area contributed by atoms with Gasteiger partial charge in [-0.25, -0.2) is 4.79 Å². The number of benzene rings is 1. The zero-order valence-electron chi connectivity index (χ0n) is 18.4. The first-order chi connectivity index (χ1) is 13.6. The van der Waals surface area contributed by atoms with Crippen LogP contribution >= 0.6 is 0 Å². The highest BCUT2D eigenvalue weighted by Crippen LogP contribution is 2.24. The van der Waals surface area contributed by atoms with Gasteiger partial charge in [0.15, 0.2) is 0 Å². The van der Waals surface area contributed by atoms with Gasteiger partial charge in [0, 0.05) is 37.2 Å². The summed E-state index contributed by atoms with van der Waals surface area (Å²) in [6, 6.07) is 7.92. The van der Waals surface area contributed by atoms with Gasteiger partial charge < -0.3 is 23.7 Å². The lowest BCUT2D eigenvalue weighted by Crippen LogP contribution is -2.48. The van der Waals surface area contributed by atoms with Crippen molar-refractivity contribution in [2.24, 2.45) is 11.3 Å². The Balaban J connectivity index is 1.50. The number of ether oxygens (including phenoxy) is 2. The molecule has 0 aromatic heterocycles. The van der Waals surface area contributed by atoms with Crippen molar-refractivity contribution in [1.29, 1.82) is 0 Å². The molecule has 3 rings (SSSR count). The molecule has 0 radical (unpaired) electrons.